The van der Waals surface area contributed by atoms with Gasteiger partial charge >= 0.3 is 5.69 Å². The Bertz CT molecular complexity index is 1110. The van der Waals surface area contributed by atoms with Crippen LogP contribution in [0.4, 0.5) is 0 Å². The highest BCUT2D eigenvalue weighted by atomic mass is 16.3. The predicted molar refractivity (Wildman–Crippen MR) is 102 cm³/mol. The maximum atomic E-state index is 12.9. The second-order valence-corrected chi connectivity index (χ2v) is 7.26. The number of aromatic nitrogens is 5. The molecule has 9 heteroatoms. The van der Waals surface area contributed by atoms with Crippen molar-refractivity contribution in [2.75, 3.05) is 6.54 Å². The minimum atomic E-state index is -0.388. The zero-order valence-corrected chi connectivity index (χ0v) is 16.0. The summed E-state index contributed by atoms with van der Waals surface area (Å²) >= 11 is 0. The van der Waals surface area contributed by atoms with Crippen LogP contribution in [0.25, 0.3) is 5.69 Å². The first kappa shape index (κ1) is 18.0. The van der Waals surface area contributed by atoms with Crippen LogP contribution < -0.4 is 5.69 Å². The number of aryl methyl sites for hydroxylation is 1. The number of fused-ring (bicyclic) bond motifs is 1. The van der Waals surface area contributed by atoms with Crippen molar-refractivity contribution in [3.05, 3.63) is 58.0 Å². The summed E-state index contributed by atoms with van der Waals surface area (Å²) in [6.45, 7) is 5.12. The van der Waals surface area contributed by atoms with E-state index in [9.17, 15) is 14.7 Å². The average Bonchev–Trinajstić information content (AvgIpc) is 3.21. The summed E-state index contributed by atoms with van der Waals surface area (Å²) < 4.78 is 4.33. The standard InChI is InChI=1S/C19H22N6O3/c1-12(2)13-5-4-6-14(9-13)25-10-15(26)17(21-25)18(27)23-7-8-24-16(11-23)20-22(3)19(24)28/h4-6,9-10,12,26H,7-8,11H2,1-3H3. The molecule has 0 unspecified atom stereocenters. The Morgan fingerprint density at radius 3 is 2.75 bits per heavy atom. The van der Waals surface area contributed by atoms with Gasteiger partial charge in [-0.3, -0.25) is 9.36 Å². The third-order valence-electron chi connectivity index (χ3n) is 5.00. The molecular formula is C19H22N6O3. The van der Waals surface area contributed by atoms with Crippen LogP contribution in [0.1, 0.15) is 41.6 Å². The number of nitrogens with zero attached hydrogens (tertiary/aromatic N) is 6. The quantitative estimate of drug-likeness (QED) is 0.735. The number of hydrogen-bond acceptors (Lipinski definition) is 5. The van der Waals surface area contributed by atoms with Crippen LogP contribution in [0.3, 0.4) is 0 Å². The van der Waals surface area contributed by atoms with Gasteiger partial charge in [0.2, 0.25) is 0 Å². The van der Waals surface area contributed by atoms with Gasteiger partial charge in [0.05, 0.1) is 18.4 Å². The molecule has 0 radical (unpaired) electrons. The number of rotatable bonds is 3. The van der Waals surface area contributed by atoms with E-state index < -0.39 is 0 Å². The van der Waals surface area contributed by atoms with Crippen molar-refractivity contribution in [2.24, 2.45) is 7.05 Å². The van der Waals surface area contributed by atoms with E-state index in [0.29, 0.717) is 24.8 Å². The van der Waals surface area contributed by atoms with Gasteiger partial charge < -0.3 is 10.0 Å². The second-order valence-electron chi connectivity index (χ2n) is 7.26. The molecule has 1 aliphatic rings. The topological polar surface area (TPSA) is 98.2 Å². The van der Waals surface area contributed by atoms with Crippen molar-refractivity contribution in [3.8, 4) is 11.4 Å². The maximum Gasteiger partial charge on any atom is 0.345 e. The van der Waals surface area contributed by atoms with Gasteiger partial charge in [-0.2, -0.15) is 10.2 Å². The Kier molecular flexibility index (Phi) is 4.29. The highest BCUT2D eigenvalue weighted by Gasteiger charge is 2.28. The number of amides is 1. The summed E-state index contributed by atoms with van der Waals surface area (Å²) in [7, 11) is 1.58. The number of hydrogen-bond donors (Lipinski definition) is 1. The summed E-state index contributed by atoms with van der Waals surface area (Å²) in [4.78, 5) is 26.4. The van der Waals surface area contributed by atoms with Gasteiger partial charge in [-0.15, -0.1) is 0 Å². The van der Waals surface area contributed by atoms with Gasteiger partial charge in [0.1, 0.15) is 0 Å². The minimum Gasteiger partial charge on any atom is -0.504 e. The van der Waals surface area contributed by atoms with E-state index in [1.165, 1.54) is 15.6 Å². The first-order valence-corrected chi connectivity index (χ1v) is 9.16. The summed E-state index contributed by atoms with van der Waals surface area (Å²) in [5, 5.41) is 18.8. The highest BCUT2D eigenvalue weighted by Crippen LogP contribution is 2.23. The molecule has 1 aromatic carbocycles. The first-order valence-electron chi connectivity index (χ1n) is 9.16. The molecule has 9 nitrogen and oxygen atoms in total. The molecule has 0 fully saturated rings. The molecule has 3 heterocycles. The SMILES string of the molecule is CC(C)c1cccc(-n2cc(O)c(C(=O)N3CCn4c(nn(C)c4=O)C3)n2)c1. The molecule has 1 amide bonds. The van der Waals surface area contributed by atoms with E-state index in [2.05, 4.69) is 24.0 Å². The van der Waals surface area contributed by atoms with Crippen molar-refractivity contribution < 1.29 is 9.90 Å². The van der Waals surface area contributed by atoms with Crippen LogP contribution >= 0.6 is 0 Å². The van der Waals surface area contributed by atoms with Gasteiger partial charge in [-0.05, 0) is 23.6 Å². The molecule has 0 saturated carbocycles. The monoisotopic (exact) mass is 382 g/mol. The van der Waals surface area contributed by atoms with Gasteiger partial charge in [-0.25, -0.2) is 14.2 Å². The van der Waals surface area contributed by atoms with E-state index in [0.717, 1.165) is 11.3 Å². The molecule has 28 heavy (non-hydrogen) atoms. The number of carbonyl (C=O) groups is 1. The summed E-state index contributed by atoms with van der Waals surface area (Å²) in [6.07, 6.45) is 1.44. The van der Waals surface area contributed by atoms with E-state index in [1.807, 2.05) is 24.3 Å². The summed E-state index contributed by atoms with van der Waals surface area (Å²) in [5.74, 6) is 0.315. The Morgan fingerprint density at radius 1 is 1.21 bits per heavy atom. The number of carbonyl (C=O) groups excluding carboxylic acids is 1. The number of aromatic hydroxyl groups is 1. The second kappa shape index (κ2) is 6.66. The molecule has 0 saturated heterocycles. The first-order chi connectivity index (χ1) is 13.3. The largest absolute Gasteiger partial charge is 0.504 e. The Hall–Kier alpha value is -3.36. The zero-order chi connectivity index (χ0) is 20.0. The normalized spacial score (nSPS) is 13.8. The third kappa shape index (κ3) is 2.98. The van der Waals surface area contributed by atoms with Crippen LogP contribution in [0.15, 0.2) is 35.3 Å². The lowest BCUT2D eigenvalue weighted by atomic mass is 10.0. The molecule has 1 aliphatic heterocycles. The van der Waals surface area contributed by atoms with Gasteiger partial charge in [0.25, 0.3) is 5.91 Å². The van der Waals surface area contributed by atoms with Crippen LogP contribution in [0, 0.1) is 0 Å². The van der Waals surface area contributed by atoms with E-state index in [-0.39, 0.29) is 29.6 Å². The molecular weight excluding hydrogens is 360 g/mol. The van der Waals surface area contributed by atoms with E-state index in [1.54, 1.807) is 16.5 Å². The molecule has 0 aliphatic carbocycles. The minimum absolute atomic E-state index is 0.0123. The Balaban J connectivity index is 1.61. The van der Waals surface area contributed by atoms with Crippen LogP contribution in [0.2, 0.25) is 0 Å². The number of benzene rings is 1. The molecule has 0 bridgehead atoms. The van der Waals surface area contributed by atoms with Crippen LogP contribution in [-0.4, -0.2) is 46.6 Å². The lowest BCUT2D eigenvalue weighted by Crippen LogP contribution is -2.41. The van der Waals surface area contributed by atoms with Gasteiger partial charge in [0.15, 0.2) is 17.3 Å². The molecule has 146 valence electrons. The lowest BCUT2D eigenvalue weighted by molar-refractivity contribution is 0.0697. The average molecular weight is 382 g/mol. The Labute approximate surface area is 161 Å². The summed E-state index contributed by atoms with van der Waals surface area (Å²) in [6, 6.07) is 7.82. The van der Waals surface area contributed by atoms with Crippen molar-refractivity contribution in [1.29, 1.82) is 0 Å². The highest BCUT2D eigenvalue weighted by molar-refractivity contribution is 5.94. The van der Waals surface area contributed by atoms with Crippen molar-refractivity contribution in [1.82, 2.24) is 29.0 Å². The molecule has 0 atom stereocenters. The molecule has 4 rings (SSSR count). The van der Waals surface area contributed by atoms with Gasteiger partial charge in [0, 0.05) is 20.1 Å². The smallest absolute Gasteiger partial charge is 0.345 e. The molecule has 2 aromatic heterocycles. The third-order valence-corrected chi connectivity index (χ3v) is 5.00. The fourth-order valence-corrected chi connectivity index (χ4v) is 3.37. The fraction of sp³-hybridized carbons (Fsp3) is 0.368. The van der Waals surface area contributed by atoms with Gasteiger partial charge in [-0.1, -0.05) is 26.0 Å². The zero-order valence-electron chi connectivity index (χ0n) is 16.0. The molecule has 3 aromatic rings. The van der Waals surface area contributed by atoms with Crippen molar-refractivity contribution in [3.63, 3.8) is 0 Å². The summed E-state index contributed by atoms with van der Waals surface area (Å²) in [5.41, 5.74) is 1.71. The van der Waals surface area contributed by atoms with Crippen LogP contribution in [0.5, 0.6) is 5.75 Å². The maximum absolute atomic E-state index is 12.9. The Morgan fingerprint density at radius 2 is 2.00 bits per heavy atom. The lowest BCUT2D eigenvalue weighted by Gasteiger charge is -2.25. The van der Waals surface area contributed by atoms with Crippen LogP contribution in [-0.2, 0) is 20.1 Å². The van der Waals surface area contributed by atoms with E-state index in [4.69, 9.17) is 0 Å². The van der Waals surface area contributed by atoms with Crippen molar-refractivity contribution in [2.45, 2.75) is 32.9 Å². The molecule has 0 spiro atoms. The predicted octanol–water partition coefficient (Wildman–Crippen LogP) is 1.25. The molecule has 1 N–H and O–H groups in total. The fourth-order valence-electron chi connectivity index (χ4n) is 3.37. The van der Waals surface area contributed by atoms with Crippen molar-refractivity contribution >= 4 is 5.91 Å². The van der Waals surface area contributed by atoms with E-state index >= 15 is 0 Å².